The summed E-state index contributed by atoms with van der Waals surface area (Å²) in [5.41, 5.74) is 0. The minimum Gasteiger partial charge on any atom is -0.481 e. The van der Waals surface area contributed by atoms with Crippen molar-refractivity contribution < 1.29 is 29.1 Å². The third kappa shape index (κ3) is 6.52. The van der Waals surface area contributed by atoms with Crippen LogP contribution in [-0.4, -0.2) is 63.8 Å². The van der Waals surface area contributed by atoms with Gasteiger partial charge in [0.2, 0.25) is 0 Å². The summed E-state index contributed by atoms with van der Waals surface area (Å²) in [6.45, 7) is 1.89. The molecule has 2 heterocycles. The fraction of sp³-hybridized carbons (Fsp3) is 0.692. The summed E-state index contributed by atoms with van der Waals surface area (Å²) in [5.74, 6) is -2.22. The maximum Gasteiger partial charge on any atom is 0.347 e. The molecule has 1 N–H and O–H groups in total. The van der Waals surface area contributed by atoms with Crippen LogP contribution in [0, 0.1) is 0 Å². The molecule has 0 aromatic rings. The molecule has 2 amide bonds. The highest BCUT2D eigenvalue weighted by Crippen LogP contribution is 2.13. The first-order chi connectivity index (χ1) is 10.4. The van der Waals surface area contributed by atoms with Gasteiger partial charge in [-0.3, -0.25) is 19.3 Å². The molecule has 8 nitrogen and oxygen atoms in total. The van der Waals surface area contributed by atoms with E-state index in [2.05, 4.69) is 15.9 Å². The van der Waals surface area contributed by atoms with E-state index in [1.54, 1.807) is 0 Å². The Bertz CT molecular complexity index is 420. The quantitative estimate of drug-likeness (QED) is 0.562. The third-order valence-corrected chi connectivity index (χ3v) is 3.59. The number of hydroxylamine groups is 2. The highest BCUT2D eigenvalue weighted by atomic mass is 79.9. The van der Waals surface area contributed by atoms with Crippen LogP contribution in [0.2, 0.25) is 0 Å². The number of nitrogens with zero attached hydrogens (tertiary/aromatic N) is 2. The number of alkyl halides is 1. The highest BCUT2D eigenvalue weighted by molar-refractivity contribution is 9.09. The lowest BCUT2D eigenvalue weighted by atomic mass is 10.1. The normalized spacial score (nSPS) is 18.7. The van der Waals surface area contributed by atoms with E-state index in [-0.39, 0.29) is 24.7 Å². The molecule has 2 fully saturated rings. The zero-order valence-corrected chi connectivity index (χ0v) is 13.7. The molecule has 0 spiro atoms. The molecule has 0 unspecified atom stereocenters. The zero-order chi connectivity index (χ0) is 16.5. The summed E-state index contributed by atoms with van der Waals surface area (Å²) in [6, 6.07) is 0. The number of rotatable bonds is 4. The second kappa shape index (κ2) is 9.52. The highest BCUT2D eigenvalue weighted by Gasteiger charge is 2.33. The third-order valence-electron chi connectivity index (χ3n) is 3.11. The molecule has 124 valence electrons. The molecule has 0 aliphatic carbocycles. The number of aliphatic carboxylic acids is 1. The number of halogens is 1. The smallest absolute Gasteiger partial charge is 0.347 e. The summed E-state index contributed by atoms with van der Waals surface area (Å²) >= 11 is 2.71. The first kappa shape index (κ1) is 18.6. The van der Waals surface area contributed by atoms with E-state index in [0.717, 1.165) is 25.9 Å². The van der Waals surface area contributed by atoms with Crippen molar-refractivity contribution in [2.24, 2.45) is 0 Å². The van der Waals surface area contributed by atoms with Gasteiger partial charge in [-0.25, -0.2) is 4.79 Å². The predicted molar refractivity (Wildman–Crippen MR) is 78.9 cm³/mol. The van der Waals surface area contributed by atoms with Gasteiger partial charge in [0.1, 0.15) is 5.33 Å². The van der Waals surface area contributed by atoms with Crippen molar-refractivity contribution in [3.05, 3.63) is 0 Å². The summed E-state index contributed by atoms with van der Waals surface area (Å²) in [6.07, 6.45) is 3.62. The van der Waals surface area contributed by atoms with E-state index in [1.807, 2.05) is 4.90 Å². The Labute approximate surface area is 136 Å². The molecule has 2 saturated heterocycles. The van der Waals surface area contributed by atoms with Crippen LogP contribution in [0.5, 0.6) is 0 Å². The number of piperidine rings is 1. The second-order valence-corrected chi connectivity index (χ2v) is 5.47. The van der Waals surface area contributed by atoms with Gasteiger partial charge in [0.15, 0.2) is 0 Å². The summed E-state index contributed by atoms with van der Waals surface area (Å²) in [5, 5.41) is 8.31. The van der Waals surface area contributed by atoms with Crippen LogP contribution >= 0.6 is 15.9 Å². The van der Waals surface area contributed by atoms with E-state index in [1.165, 1.54) is 6.42 Å². The number of amides is 2. The van der Waals surface area contributed by atoms with Crippen LogP contribution in [0.25, 0.3) is 0 Å². The number of imide groups is 1. The number of carbonyl (C=O) groups excluding carboxylic acids is 3. The molecule has 2 aliphatic rings. The second-order valence-electron chi connectivity index (χ2n) is 4.91. The monoisotopic (exact) mass is 378 g/mol. The number of carboxylic acid groups (broad SMARTS) is 1. The minimum atomic E-state index is -0.829. The van der Waals surface area contributed by atoms with Gasteiger partial charge in [-0.2, -0.15) is 0 Å². The average molecular weight is 379 g/mol. The van der Waals surface area contributed by atoms with Gasteiger partial charge in [0.25, 0.3) is 11.8 Å². The molecule has 0 bridgehead atoms. The largest absolute Gasteiger partial charge is 0.481 e. The van der Waals surface area contributed by atoms with Crippen molar-refractivity contribution in [1.29, 1.82) is 0 Å². The molecule has 0 radical (unpaired) electrons. The van der Waals surface area contributed by atoms with Gasteiger partial charge < -0.3 is 9.94 Å². The molecule has 0 saturated carbocycles. The molecular weight excluding hydrogens is 360 g/mol. The molecular formula is C13H19BrN2O6. The van der Waals surface area contributed by atoms with Gasteiger partial charge in [-0.1, -0.05) is 22.4 Å². The molecule has 2 aliphatic heterocycles. The summed E-state index contributed by atoms with van der Waals surface area (Å²) < 4.78 is 0. The van der Waals surface area contributed by atoms with Crippen LogP contribution in [-0.2, 0) is 24.0 Å². The van der Waals surface area contributed by atoms with Crippen molar-refractivity contribution in [2.45, 2.75) is 32.1 Å². The van der Waals surface area contributed by atoms with Crippen LogP contribution in [0.15, 0.2) is 0 Å². The first-order valence-electron chi connectivity index (χ1n) is 7.00. The SMILES string of the molecule is O=C(CN1CCCCC1)ON1C(=O)CCC1=O.O=C(O)CBr. The summed E-state index contributed by atoms with van der Waals surface area (Å²) in [7, 11) is 0. The van der Waals surface area contributed by atoms with Crippen LogP contribution in [0.4, 0.5) is 0 Å². The molecule has 2 rings (SSSR count). The molecule has 9 heteroatoms. The van der Waals surface area contributed by atoms with E-state index in [4.69, 9.17) is 9.94 Å². The zero-order valence-electron chi connectivity index (χ0n) is 12.1. The van der Waals surface area contributed by atoms with Crippen molar-refractivity contribution in [1.82, 2.24) is 9.96 Å². The van der Waals surface area contributed by atoms with Crippen LogP contribution in [0.1, 0.15) is 32.1 Å². The van der Waals surface area contributed by atoms with Crippen molar-refractivity contribution in [2.75, 3.05) is 25.0 Å². The Morgan fingerprint density at radius 1 is 1.09 bits per heavy atom. The molecule has 0 atom stereocenters. The van der Waals surface area contributed by atoms with Gasteiger partial charge in [-0.15, -0.1) is 5.06 Å². The van der Waals surface area contributed by atoms with Crippen molar-refractivity contribution in [3.8, 4) is 0 Å². The maximum absolute atomic E-state index is 11.5. The van der Waals surface area contributed by atoms with E-state index in [9.17, 15) is 19.2 Å². The Hall–Kier alpha value is -1.48. The minimum absolute atomic E-state index is 0.0347. The first-order valence-corrected chi connectivity index (χ1v) is 8.13. The van der Waals surface area contributed by atoms with Crippen LogP contribution < -0.4 is 0 Å². The Morgan fingerprint density at radius 3 is 2.05 bits per heavy atom. The topological polar surface area (TPSA) is 104 Å². The van der Waals surface area contributed by atoms with Gasteiger partial charge in [0.05, 0.1) is 6.54 Å². The number of carbonyl (C=O) groups is 4. The van der Waals surface area contributed by atoms with Gasteiger partial charge >= 0.3 is 11.9 Å². The fourth-order valence-corrected chi connectivity index (χ4v) is 2.09. The predicted octanol–water partition coefficient (Wildman–Crippen LogP) is 0.545. The molecule has 22 heavy (non-hydrogen) atoms. The Morgan fingerprint density at radius 2 is 1.59 bits per heavy atom. The van der Waals surface area contributed by atoms with Crippen molar-refractivity contribution >= 4 is 39.7 Å². The number of likely N-dealkylation sites (tertiary alicyclic amines) is 1. The number of carboxylic acids is 1. The number of hydrogen-bond donors (Lipinski definition) is 1. The maximum atomic E-state index is 11.5. The lowest BCUT2D eigenvalue weighted by molar-refractivity contribution is -0.198. The lowest BCUT2D eigenvalue weighted by Gasteiger charge is -2.25. The Kier molecular flexibility index (Phi) is 8.03. The van der Waals surface area contributed by atoms with Crippen LogP contribution in [0.3, 0.4) is 0 Å². The van der Waals surface area contributed by atoms with Gasteiger partial charge in [0, 0.05) is 12.8 Å². The molecule has 0 aromatic carbocycles. The standard InChI is InChI=1S/C11H16N2O4.C2H3BrO2/c14-9-4-5-10(15)13(9)17-11(16)8-12-6-2-1-3-7-12;3-1-2(4)5/h1-8H2;1H2,(H,4,5). The molecule has 0 aromatic heterocycles. The lowest BCUT2D eigenvalue weighted by Crippen LogP contribution is -2.39. The summed E-state index contributed by atoms with van der Waals surface area (Å²) in [4.78, 5) is 50.1. The van der Waals surface area contributed by atoms with Crippen molar-refractivity contribution in [3.63, 3.8) is 0 Å². The Balaban J connectivity index is 0.000000422. The van der Waals surface area contributed by atoms with Gasteiger partial charge in [-0.05, 0) is 25.9 Å². The average Bonchev–Trinajstić information content (AvgIpc) is 2.80. The van der Waals surface area contributed by atoms with E-state index < -0.39 is 23.8 Å². The van der Waals surface area contributed by atoms with E-state index >= 15 is 0 Å². The fourth-order valence-electron chi connectivity index (χ4n) is 2.09. The number of hydrogen-bond acceptors (Lipinski definition) is 6. The van der Waals surface area contributed by atoms with E-state index in [0.29, 0.717) is 5.06 Å².